The summed E-state index contributed by atoms with van der Waals surface area (Å²) in [6.45, 7) is 0. The van der Waals surface area contributed by atoms with Crippen LogP contribution in [0.15, 0.2) is 91.0 Å². The van der Waals surface area contributed by atoms with Gasteiger partial charge in [-0.05, 0) is 16.7 Å². The summed E-state index contributed by atoms with van der Waals surface area (Å²) in [5.74, 6) is -1.09. The van der Waals surface area contributed by atoms with Gasteiger partial charge in [-0.3, -0.25) is 9.59 Å². The number of hydrogen-bond acceptors (Lipinski definition) is 4. The molecule has 5 heteroatoms. The molecule has 3 aromatic rings. The van der Waals surface area contributed by atoms with E-state index in [-0.39, 0.29) is 18.8 Å². The summed E-state index contributed by atoms with van der Waals surface area (Å²) in [5, 5.41) is 0. The predicted molar refractivity (Wildman–Crippen MR) is 115 cm³/mol. The second-order valence-electron chi connectivity index (χ2n) is 6.61. The monoisotopic (exact) mass is 406 g/mol. The van der Waals surface area contributed by atoms with Gasteiger partial charge < -0.3 is 9.26 Å². The minimum Gasteiger partial charge on any atom is -0.456 e. The topological polar surface area (TPSA) is 52.6 Å². The largest absolute Gasteiger partial charge is 0.456 e. The van der Waals surface area contributed by atoms with Gasteiger partial charge in [0.1, 0.15) is 6.10 Å². The molecule has 0 fully saturated rings. The number of rotatable bonds is 8. The highest BCUT2D eigenvalue weighted by molar-refractivity contribution is 7.10. The lowest BCUT2D eigenvalue weighted by molar-refractivity contribution is -0.152. The standard InChI is InChI=1S/C24H23O4P/c25-21(16-17-22(26)28-29)27-24(20-14-8-3-9-15-20)23(18-10-4-1-5-11-18)19-12-6-2-7-13-19/h1-15,23-24H,16-17,29H2. The minimum atomic E-state index is -0.527. The number of carbonyl (C=O) groups is 2. The molecule has 0 aliphatic rings. The lowest BCUT2D eigenvalue weighted by Gasteiger charge is -2.28. The third-order valence-electron chi connectivity index (χ3n) is 4.67. The SMILES string of the molecule is O=C(CCC(=O)OC(c1ccccc1)C(c1ccccc1)c1ccccc1)OP. The van der Waals surface area contributed by atoms with E-state index in [2.05, 4.69) is 4.52 Å². The van der Waals surface area contributed by atoms with Gasteiger partial charge in [0, 0.05) is 0 Å². The van der Waals surface area contributed by atoms with Crippen LogP contribution in [0.2, 0.25) is 0 Å². The van der Waals surface area contributed by atoms with Crippen LogP contribution in [0.5, 0.6) is 0 Å². The quantitative estimate of drug-likeness (QED) is 0.380. The van der Waals surface area contributed by atoms with Gasteiger partial charge in [0.15, 0.2) is 0 Å². The average molecular weight is 406 g/mol. The Hall–Kier alpha value is -2.97. The summed E-state index contributed by atoms with van der Waals surface area (Å²) in [5.41, 5.74) is 2.99. The second kappa shape index (κ2) is 10.5. The number of hydrogen-bond donors (Lipinski definition) is 0. The van der Waals surface area contributed by atoms with E-state index in [1.165, 1.54) is 0 Å². The summed E-state index contributed by atoms with van der Waals surface area (Å²) in [4.78, 5) is 24.0. The van der Waals surface area contributed by atoms with Gasteiger partial charge in [0.05, 0.1) is 28.2 Å². The number of esters is 1. The number of ether oxygens (including phenoxy) is 1. The molecule has 2 atom stereocenters. The van der Waals surface area contributed by atoms with Crippen molar-refractivity contribution in [2.24, 2.45) is 0 Å². The minimum absolute atomic E-state index is 0.0226. The van der Waals surface area contributed by atoms with E-state index in [1.807, 2.05) is 100 Å². The van der Waals surface area contributed by atoms with E-state index in [0.717, 1.165) is 16.7 Å². The Bertz CT molecular complexity index is 874. The van der Waals surface area contributed by atoms with Crippen LogP contribution in [0.1, 0.15) is 41.6 Å². The summed E-state index contributed by atoms with van der Waals surface area (Å²) in [6.07, 6.45) is -0.585. The molecule has 0 spiro atoms. The maximum Gasteiger partial charge on any atom is 0.308 e. The fourth-order valence-corrected chi connectivity index (χ4v) is 3.42. The Labute approximate surface area is 173 Å². The summed E-state index contributed by atoms with van der Waals surface area (Å²) >= 11 is 0. The van der Waals surface area contributed by atoms with Gasteiger partial charge in [0.25, 0.3) is 0 Å². The Morgan fingerprint density at radius 3 is 1.52 bits per heavy atom. The molecule has 2 unspecified atom stereocenters. The first-order valence-electron chi connectivity index (χ1n) is 9.43. The van der Waals surface area contributed by atoms with Gasteiger partial charge >= 0.3 is 11.9 Å². The molecule has 0 N–H and O–H groups in total. The van der Waals surface area contributed by atoms with Crippen molar-refractivity contribution in [1.29, 1.82) is 0 Å². The maximum absolute atomic E-state index is 12.6. The molecule has 0 bridgehead atoms. The normalized spacial score (nSPS) is 11.7. The van der Waals surface area contributed by atoms with E-state index in [0.29, 0.717) is 0 Å². The Kier molecular flexibility index (Phi) is 7.54. The van der Waals surface area contributed by atoms with Crippen LogP contribution in [0.3, 0.4) is 0 Å². The van der Waals surface area contributed by atoms with Crippen molar-refractivity contribution in [3.05, 3.63) is 108 Å². The molecule has 0 heterocycles. The third-order valence-corrected chi connectivity index (χ3v) is 4.93. The highest BCUT2D eigenvalue weighted by Gasteiger charge is 2.30. The molecule has 0 aliphatic heterocycles. The molecule has 148 valence electrons. The highest BCUT2D eigenvalue weighted by atomic mass is 31.0. The van der Waals surface area contributed by atoms with Crippen molar-refractivity contribution in [2.45, 2.75) is 24.9 Å². The zero-order chi connectivity index (χ0) is 20.5. The zero-order valence-corrected chi connectivity index (χ0v) is 17.1. The lowest BCUT2D eigenvalue weighted by atomic mass is 9.83. The van der Waals surface area contributed by atoms with Crippen molar-refractivity contribution < 1.29 is 18.8 Å². The van der Waals surface area contributed by atoms with Crippen molar-refractivity contribution in [3.63, 3.8) is 0 Å². The molecule has 3 aromatic carbocycles. The average Bonchev–Trinajstić information content (AvgIpc) is 2.79. The molecule has 3 rings (SSSR count). The van der Waals surface area contributed by atoms with Crippen LogP contribution in [0.4, 0.5) is 0 Å². The summed E-state index contributed by atoms with van der Waals surface area (Å²) < 4.78 is 10.5. The van der Waals surface area contributed by atoms with E-state index >= 15 is 0 Å². The molecule has 29 heavy (non-hydrogen) atoms. The second-order valence-corrected chi connectivity index (χ2v) is 6.85. The van der Waals surface area contributed by atoms with Gasteiger partial charge in [-0.15, -0.1) is 0 Å². The van der Waals surface area contributed by atoms with E-state index in [1.54, 1.807) is 0 Å². The van der Waals surface area contributed by atoms with Crippen LogP contribution in [0, 0.1) is 0 Å². The number of benzene rings is 3. The first kappa shape index (κ1) is 20.8. The first-order valence-corrected chi connectivity index (χ1v) is 9.90. The van der Waals surface area contributed by atoms with Crippen molar-refractivity contribution >= 4 is 21.4 Å². The van der Waals surface area contributed by atoms with Crippen LogP contribution < -0.4 is 0 Å². The molecule has 0 saturated heterocycles. The molecular formula is C24H23O4P. The van der Waals surface area contributed by atoms with Crippen LogP contribution >= 0.6 is 9.47 Å². The van der Waals surface area contributed by atoms with E-state index in [9.17, 15) is 9.59 Å². The zero-order valence-electron chi connectivity index (χ0n) is 15.9. The Morgan fingerprint density at radius 2 is 1.07 bits per heavy atom. The maximum atomic E-state index is 12.6. The molecule has 4 nitrogen and oxygen atoms in total. The summed E-state index contributed by atoms with van der Waals surface area (Å²) in [6, 6.07) is 29.7. The smallest absolute Gasteiger partial charge is 0.308 e. The molecular weight excluding hydrogens is 383 g/mol. The molecule has 0 radical (unpaired) electrons. The van der Waals surface area contributed by atoms with Crippen LogP contribution in [0.25, 0.3) is 0 Å². The summed E-state index contributed by atoms with van der Waals surface area (Å²) in [7, 11) is 1.90. The first-order chi connectivity index (χ1) is 14.2. The van der Waals surface area contributed by atoms with E-state index in [4.69, 9.17) is 4.74 Å². The van der Waals surface area contributed by atoms with Gasteiger partial charge in [-0.25, -0.2) is 0 Å². The molecule has 0 aromatic heterocycles. The lowest BCUT2D eigenvalue weighted by Crippen LogP contribution is -2.20. The van der Waals surface area contributed by atoms with Crippen molar-refractivity contribution in [2.75, 3.05) is 0 Å². The van der Waals surface area contributed by atoms with Crippen LogP contribution in [-0.2, 0) is 18.8 Å². The van der Waals surface area contributed by atoms with Crippen molar-refractivity contribution in [1.82, 2.24) is 0 Å². The fourth-order valence-electron chi connectivity index (χ4n) is 3.30. The third kappa shape index (κ3) is 5.75. The molecule has 0 amide bonds. The van der Waals surface area contributed by atoms with Gasteiger partial charge in [-0.1, -0.05) is 91.0 Å². The van der Waals surface area contributed by atoms with E-state index < -0.39 is 18.0 Å². The molecule has 0 saturated carbocycles. The van der Waals surface area contributed by atoms with Crippen LogP contribution in [-0.4, -0.2) is 11.9 Å². The number of carbonyl (C=O) groups excluding carboxylic acids is 2. The van der Waals surface area contributed by atoms with Gasteiger partial charge in [0.2, 0.25) is 0 Å². The molecule has 0 aliphatic carbocycles. The Balaban J connectivity index is 1.97. The highest BCUT2D eigenvalue weighted by Crippen LogP contribution is 2.39. The van der Waals surface area contributed by atoms with Gasteiger partial charge in [-0.2, -0.15) is 0 Å². The fraction of sp³-hybridized carbons (Fsp3) is 0.167. The van der Waals surface area contributed by atoms with Crippen molar-refractivity contribution in [3.8, 4) is 0 Å². The Morgan fingerprint density at radius 1 is 0.655 bits per heavy atom. The predicted octanol–water partition coefficient (Wildman–Crippen LogP) is 5.22.